The van der Waals surface area contributed by atoms with Crippen molar-refractivity contribution in [2.75, 3.05) is 26.3 Å². The van der Waals surface area contributed by atoms with Gasteiger partial charge in [0.1, 0.15) is 0 Å². The van der Waals surface area contributed by atoms with E-state index in [9.17, 15) is 14.7 Å². The van der Waals surface area contributed by atoms with Gasteiger partial charge in [0.2, 0.25) is 0 Å². The summed E-state index contributed by atoms with van der Waals surface area (Å²) in [6, 6.07) is 10.1. The second-order valence-electron chi connectivity index (χ2n) is 8.13. The number of aromatic nitrogens is 1. The van der Waals surface area contributed by atoms with Gasteiger partial charge < -0.3 is 19.3 Å². The predicted octanol–water partition coefficient (Wildman–Crippen LogP) is 2.97. The highest BCUT2D eigenvalue weighted by atomic mass is 16.5. The smallest absolute Gasteiger partial charge is 0.311 e. The monoisotopic (exact) mass is 382 g/mol. The van der Waals surface area contributed by atoms with Gasteiger partial charge in [-0.25, -0.2) is 0 Å². The average molecular weight is 382 g/mol. The summed E-state index contributed by atoms with van der Waals surface area (Å²) in [5, 5.41) is 9.85. The van der Waals surface area contributed by atoms with E-state index in [0.29, 0.717) is 31.7 Å². The Labute approximate surface area is 164 Å². The largest absolute Gasteiger partial charge is 0.481 e. The molecule has 1 aromatic heterocycles. The molecule has 2 aliphatic heterocycles. The zero-order chi connectivity index (χ0) is 20.1. The zero-order valence-corrected chi connectivity index (χ0v) is 16.6. The van der Waals surface area contributed by atoms with Gasteiger partial charge in [0.25, 0.3) is 5.91 Å². The highest BCUT2D eigenvalue weighted by molar-refractivity contribution is 5.96. The topological polar surface area (TPSA) is 71.8 Å². The van der Waals surface area contributed by atoms with Crippen LogP contribution >= 0.6 is 0 Å². The Morgan fingerprint density at radius 3 is 2.68 bits per heavy atom. The molecule has 6 nitrogen and oxygen atoms in total. The third-order valence-corrected chi connectivity index (χ3v) is 6.34. The lowest BCUT2D eigenvalue weighted by molar-refractivity contribution is -0.157. The van der Waals surface area contributed by atoms with E-state index in [1.54, 1.807) is 4.90 Å². The summed E-state index contributed by atoms with van der Waals surface area (Å²) >= 11 is 0. The molecule has 2 atom stereocenters. The Hall–Kier alpha value is -2.60. The van der Waals surface area contributed by atoms with Crippen molar-refractivity contribution in [3.8, 4) is 5.69 Å². The molecule has 0 unspecified atom stereocenters. The molecule has 6 heteroatoms. The van der Waals surface area contributed by atoms with Crippen LogP contribution in [0.3, 0.4) is 0 Å². The first-order valence-corrected chi connectivity index (χ1v) is 9.70. The summed E-state index contributed by atoms with van der Waals surface area (Å²) in [6.45, 7) is 7.50. The number of carboxylic acids is 1. The number of nitrogens with zero attached hydrogens (tertiary/aromatic N) is 2. The van der Waals surface area contributed by atoms with Gasteiger partial charge in [0.05, 0.1) is 17.6 Å². The molecule has 2 aromatic rings. The molecule has 2 saturated heterocycles. The molecule has 0 aliphatic carbocycles. The molecule has 2 aliphatic rings. The van der Waals surface area contributed by atoms with E-state index < -0.39 is 11.4 Å². The van der Waals surface area contributed by atoms with Crippen LogP contribution in [0.25, 0.3) is 5.69 Å². The minimum atomic E-state index is -0.879. The number of aryl methyl sites for hydroxylation is 2. The number of carbonyl (C=O) groups is 2. The van der Waals surface area contributed by atoms with Gasteiger partial charge in [0.15, 0.2) is 0 Å². The highest BCUT2D eigenvalue weighted by Crippen LogP contribution is 2.43. The van der Waals surface area contributed by atoms with Gasteiger partial charge in [-0.05, 0) is 51.0 Å². The molecular weight excluding hydrogens is 356 g/mol. The Morgan fingerprint density at radius 1 is 1.21 bits per heavy atom. The number of carboxylic acid groups (broad SMARTS) is 1. The molecule has 148 valence electrons. The number of rotatable bonds is 3. The average Bonchev–Trinajstić information content (AvgIpc) is 3.19. The fourth-order valence-corrected chi connectivity index (χ4v) is 4.77. The lowest BCUT2D eigenvalue weighted by atomic mass is 9.74. The maximum absolute atomic E-state index is 13.3. The molecule has 0 spiro atoms. The predicted molar refractivity (Wildman–Crippen MR) is 105 cm³/mol. The Bertz CT molecular complexity index is 948. The van der Waals surface area contributed by atoms with Crippen molar-refractivity contribution in [1.82, 2.24) is 9.47 Å². The molecule has 1 N–H and O–H groups in total. The van der Waals surface area contributed by atoms with Gasteiger partial charge in [-0.3, -0.25) is 9.59 Å². The van der Waals surface area contributed by atoms with Gasteiger partial charge in [-0.2, -0.15) is 0 Å². The minimum absolute atomic E-state index is 0.0953. The van der Waals surface area contributed by atoms with Crippen LogP contribution in [-0.2, 0) is 9.53 Å². The highest BCUT2D eigenvalue weighted by Gasteiger charge is 2.55. The summed E-state index contributed by atoms with van der Waals surface area (Å²) in [7, 11) is 0. The first-order valence-electron chi connectivity index (χ1n) is 9.70. The van der Waals surface area contributed by atoms with Crippen LogP contribution in [0.5, 0.6) is 0 Å². The normalized spacial score (nSPS) is 24.2. The number of hydrogen-bond acceptors (Lipinski definition) is 3. The fourth-order valence-electron chi connectivity index (χ4n) is 4.77. The van der Waals surface area contributed by atoms with Crippen molar-refractivity contribution >= 4 is 11.9 Å². The first kappa shape index (κ1) is 18.7. The van der Waals surface area contributed by atoms with Crippen molar-refractivity contribution in [2.45, 2.75) is 27.2 Å². The molecule has 2 fully saturated rings. The van der Waals surface area contributed by atoms with Gasteiger partial charge in [-0.1, -0.05) is 12.1 Å². The van der Waals surface area contributed by atoms with Crippen molar-refractivity contribution in [2.24, 2.45) is 11.3 Å². The maximum atomic E-state index is 13.3. The summed E-state index contributed by atoms with van der Waals surface area (Å²) < 4.78 is 7.59. The number of benzene rings is 1. The van der Waals surface area contributed by atoms with Crippen LogP contribution in [0.4, 0.5) is 0 Å². The fraction of sp³-hybridized carbons (Fsp3) is 0.455. The summed E-state index contributed by atoms with van der Waals surface area (Å²) in [4.78, 5) is 27.0. The lowest BCUT2D eigenvalue weighted by Gasteiger charge is -2.33. The standard InChI is InChI=1S/C22H26N2O4/c1-14-5-4-6-18(9-14)24-15(2)10-19(16(24)3)20(25)23-11-17-12-28-8-7-22(17,13-23)21(26)27/h4-6,9-10,17H,7-8,11-13H2,1-3H3,(H,26,27)/t17-,22+/m0/s1. The summed E-state index contributed by atoms with van der Waals surface area (Å²) in [5.41, 5.74) is 3.81. The van der Waals surface area contributed by atoms with Crippen LogP contribution < -0.4 is 0 Å². The van der Waals surface area contributed by atoms with Crippen molar-refractivity contribution in [1.29, 1.82) is 0 Å². The number of carbonyl (C=O) groups excluding carboxylic acids is 1. The molecule has 4 rings (SSSR count). The van der Waals surface area contributed by atoms with E-state index in [2.05, 4.69) is 10.6 Å². The number of ether oxygens (including phenoxy) is 1. The van der Waals surface area contributed by atoms with Crippen LogP contribution in [0, 0.1) is 32.1 Å². The number of amides is 1. The van der Waals surface area contributed by atoms with E-state index in [-0.39, 0.29) is 18.4 Å². The van der Waals surface area contributed by atoms with E-state index >= 15 is 0 Å². The van der Waals surface area contributed by atoms with Crippen molar-refractivity contribution in [3.05, 3.63) is 52.8 Å². The van der Waals surface area contributed by atoms with Crippen molar-refractivity contribution < 1.29 is 19.4 Å². The molecule has 28 heavy (non-hydrogen) atoms. The molecule has 0 saturated carbocycles. The van der Waals surface area contributed by atoms with Crippen molar-refractivity contribution in [3.63, 3.8) is 0 Å². The van der Waals surface area contributed by atoms with Crippen LogP contribution in [0.15, 0.2) is 30.3 Å². The lowest BCUT2D eigenvalue weighted by Crippen LogP contribution is -2.45. The Balaban J connectivity index is 1.66. The number of hydrogen-bond donors (Lipinski definition) is 1. The molecule has 0 radical (unpaired) electrons. The number of aliphatic carboxylic acids is 1. The molecule has 3 heterocycles. The number of fused-ring (bicyclic) bond motifs is 1. The third kappa shape index (κ3) is 2.83. The van der Waals surface area contributed by atoms with Gasteiger partial charge >= 0.3 is 5.97 Å². The van der Waals surface area contributed by atoms with E-state index in [4.69, 9.17) is 4.74 Å². The molecule has 1 amide bonds. The first-order chi connectivity index (χ1) is 13.3. The van der Waals surface area contributed by atoms with Crippen LogP contribution in [-0.4, -0.2) is 52.8 Å². The minimum Gasteiger partial charge on any atom is -0.481 e. The molecular formula is C22H26N2O4. The van der Waals surface area contributed by atoms with E-state index in [0.717, 1.165) is 22.6 Å². The second-order valence-corrected chi connectivity index (χ2v) is 8.13. The SMILES string of the molecule is Cc1cccc(-n2c(C)cc(C(=O)N3C[C@H]4COCC[C@@]4(C(=O)O)C3)c2C)c1. The van der Waals surface area contributed by atoms with Crippen LogP contribution in [0.1, 0.15) is 33.7 Å². The quantitative estimate of drug-likeness (QED) is 0.886. The summed E-state index contributed by atoms with van der Waals surface area (Å²) in [5.74, 6) is -1.06. The zero-order valence-electron chi connectivity index (χ0n) is 16.6. The molecule has 0 bridgehead atoms. The third-order valence-electron chi connectivity index (χ3n) is 6.34. The molecule has 1 aromatic carbocycles. The second kappa shape index (κ2) is 6.78. The van der Waals surface area contributed by atoms with Crippen LogP contribution in [0.2, 0.25) is 0 Å². The van der Waals surface area contributed by atoms with E-state index in [1.165, 1.54) is 0 Å². The Morgan fingerprint density at radius 2 is 2.00 bits per heavy atom. The number of likely N-dealkylation sites (tertiary alicyclic amines) is 1. The van der Waals surface area contributed by atoms with Gasteiger partial charge in [-0.15, -0.1) is 0 Å². The Kier molecular flexibility index (Phi) is 4.54. The maximum Gasteiger partial charge on any atom is 0.311 e. The van der Waals surface area contributed by atoms with Gasteiger partial charge in [0, 0.05) is 42.7 Å². The summed E-state index contributed by atoms with van der Waals surface area (Å²) in [6.07, 6.45) is 0.457. The van der Waals surface area contributed by atoms with E-state index in [1.807, 2.05) is 45.0 Å².